The third-order valence-corrected chi connectivity index (χ3v) is 7.48. The molecule has 0 bridgehead atoms. The molecule has 0 fully saturated rings. The summed E-state index contributed by atoms with van der Waals surface area (Å²) >= 11 is 1.28. The second kappa shape index (κ2) is 8.96. The molecule has 5 nitrogen and oxygen atoms in total. The molecule has 1 N–H and O–H groups in total. The van der Waals surface area contributed by atoms with Crippen LogP contribution in [0.3, 0.4) is 0 Å². The number of hydrogen-bond donors (Lipinski definition) is 1. The SMILES string of the molecule is Cc1ccc(N2C(=O)C(O)=C(C(=O)c3sc(-c4ccccc4)nc3C)C2c2ccccc2C)cc1. The van der Waals surface area contributed by atoms with E-state index in [-0.39, 0.29) is 11.4 Å². The van der Waals surface area contributed by atoms with Gasteiger partial charge in [-0.25, -0.2) is 4.98 Å². The van der Waals surface area contributed by atoms with Gasteiger partial charge in [0.15, 0.2) is 5.76 Å². The van der Waals surface area contributed by atoms with Gasteiger partial charge in [-0.2, -0.15) is 0 Å². The Morgan fingerprint density at radius 1 is 0.914 bits per heavy atom. The Kier molecular flexibility index (Phi) is 5.83. The summed E-state index contributed by atoms with van der Waals surface area (Å²) in [4.78, 5) is 33.9. The molecule has 1 aromatic heterocycles. The topological polar surface area (TPSA) is 70.5 Å². The molecule has 2 heterocycles. The monoisotopic (exact) mass is 480 g/mol. The Morgan fingerprint density at radius 3 is 2.26 bits per heavy atom. The quantitative estimate of drug-likeness (QED) is 0.330. The first kappa shape index (κ1) is 22.7. The number of aliphatic hydroxyl groups is 1. The molecule has 6 heteroatoms. The molecule has 4 aromatic rings. The number of hydrogen-bond acceptors (Lipinski definition) is 5. The van der Waals surface area contributed by atoms with E-state index in [1.165, 1.54) is 16.2 Å². The van der Waals surface area contributed by atoms with Crippen LogP contribution in [0.2, 0.25) is 0 Å². The lowest BCUT2D eigenvalue weighted by atomic mass is 9.92. The average Bonchev–Trinajstić information content (AvgIpc) is 3.38. The highest BCUT2D eigenvalue weighted by Crippen LogP contribution is 2.44. The lowest BCUT2D eigenvalue weighted by molar-refractivity contribution is -0.117. The maximum absolute atomic E-state index is 14.0. The first-order chi connectivity index (χ1) is 16.9. The predicted octanol–water partition coefficient (Wildman–Crippen LogP) is 6.52. The Bertz CT molecular complexity index is 1470. The Hall–Kier alpha value is -4.03. The molecule has 0 radical (unpaired) electrons. The number of benzene rings is 3. The van der Waals surface area contributed by atoms with Crippen LogP contribution in [0.4, 0.5) is 5.69 Å². The van der Waals surface area contributed by atoms with Crippen LogP contribution in [0.1, 0.15) is 38.1 Å². The molecule has 1 aliphatic heterocycles. The number of thiazole rings is 1. The van der Waals surface area contributed by atoms with E-state index in [1.807, 2.05) is 92.7 Å². The van der Waals surface area contributed by atoms with E-state index in [1.54, 1.807) is 6.92 Å². The third-order valence-electron chi connectivity index (χ3n) is 6.27. The highest BCUT2D eigenvalue weighted by molar-refractivity contribution is 7.17. The number of amides is 1. The number of aryl methyl sites for hydroxylation is 3. The van der Waals surface area contributed by atoms with Crippen molar-refractivity contribution in [1.82, 2.24) is 4.98 Å². The van der Waals surface area contributed by atoms with Crippen molar-refractivity contribution >= 4 is 28.7 Å². The van der Waals surface area contributed by atoms with Crippen molar-refractivity contribution in [2.75, 3.05) is 4.90 Å². The van der Waals surface area contributed by atoms with Gasteiger partial charge >= 0.3 is 0 Å². The number of ketones is 1. The van der Waals surface area contributed by atoms with Crippen LogP contribution in [0.5, 0.6) is 0 Å². The zero-order valence-electron chi connectivity index (χ0n) is 19.6. The van der Waals surface area contributed by atoms with Crippen LogP contribution < -0.4 is 4.90 Å². The molecule has 0 saturated carbocycles. The van der Waals surface area contributed by atoms with E-state index in [2.05, 4.69) is 4.98 Å². The van der Waals surface area contributed by atoms with Gasteiger partial charge in [0.2, 0.25) is 5.78 Å². The minimum atomic E-state index is -0.749. The summed E-state index contributed by atoms with van der Waals surface area (Å²) in [5.41, 5.74) is 4.95. The minimum absolute atomic E-state index is 0.0798. The zero-order chi connectivity index (χ0) is 24.7. The highest BCUT2D eigenvalue weighted by atomic mass is 32.1. The number of carbonyl (C=O) groups is 2. The number of anilines is 1. The standard InChI is InChI=1S/C29H24N2O3S/c1-17-13-15-21(16-14-17)31-24(22-12-8-7-9-18(22)2)23(26(33)29(31)34)25(32)27-19(3)30-28(35-27)20-10-5-4-6-11-20/h4-16,24,33H,1-3H3. The van der Waals surface area contributed by atoms with Crippen molar-refractivity contribution < 1.29 is 14.7 Å². The molecule has 3 aromatic carbocycles. The predicted molar refractivity (Wildman–Crippen MR) is 139 cm³/mol. The van der Waals surface area contributed by atoms with Crippen molar-refractivity contribution in [1.29, 1.82) is 0 Å². The summed E-state index contributed by atoms with van der Waals surface area (Å²) in [7, 11) is 0. The molecular formula is C29H24N2O3S. The molecule has 0 spiro atoms. The molecule has 174 valence electrons. The molecule has 1 amide bonds. The van der Waals surface area contributed by atoms with Gasteiger partial charge in [-0.3, -0.25) is 14.5 Å². The Morgan fingerprint density at radius 2 is 1.57 bits per heavy atom. The van der Waals surface area contributed by atoms with Crippen LogP contribution >= 0.6 is 11.3 Å². The highest BCUT2D eigenvalue weighted by Gasteiger charge is 2.45. The van der Waals surface area contributed by atoms with Crippen LogP contribution in [0.15, 0.2) is 90.2 Å². The van der Waals surface area contributed by atoms with Crippen molar-refractivity contribution in [3.8, 4) is 10.6 Å². The molecular weight excluding hydrogens is 456 g/mol. The van der Waals surface area contributed by atoms with Crippen molar-refractivity contribution in [3.63, 3.8) is 0 Å². The fraction of sp³-hybridized carbons (Fsp3) is 0.138. The van der Waals surface area contributed by atoms with E-state index in [0.29, 0.717) is 16.3 Å². The zero-order valence-corrected chi connectivity index (χ0v) is 20.5. The van der Waals surface area contributed by atoms with Gasteiger partial charge in [-0.05, 0) is 44.0 Å². The molecule has 0 saturated heterocycles. The van der Waals surface area contributed by atoms with Gasteiger partial charge in [-0.15, -0.1) is 11.3 Å². The molecule has 1 unspecified atom stereocenters. The lowest BCUT2D eigenvalue weighted by Crippen LogP contribution is -2.31. The van der Waals surface area contributed by atoms with E-state index in [9.17, 15) is 14.7 Å². The number of nitrogens with zero attached hydrogens (tertiary/aromatic N) is 2. The van der Waals surface area contributed by atoms with Crippen LogP contribution in [0.25, 0.3) is 10.6 Å². The number of aliphatic hydroxyl groups excluding tert-OH is 1. The summed E-state index contributed by atoms with van der Waals surface area (Å²) in [5.74, 6) is -1.48. The van der Waals surface area contributed by atoms with E-state index in [4.69, 9.17) is 0 Å². The fourth-order valence-electron chi connectivity index (χ4n) is 4.43. The Balaban J connectivity index is 1.65. The fourth-order valence-corrected chi connectivity index (χ4v) is 5.46. The number of carbonyl (C=O) groups excluding carboxylic acids is 2. The second-order valence-electron chi connectivity index (χ2n) is 8.66. The Labute approximate surface area is 208 Å². The minimum Gasteiger partial charge on any atom is -0.503 e. The summed E-state index contributed by atoms with van der Waals surface area (Å²) in [5, 5.41) is 11.8. The summed E-state index contributed by atoms with van der Waals surface area (Å²) in [6.07, 6.45) is 0. The molecule has 35 heavy (non-hydrogen) atoms. The molecule has 0 aliphatic carbocycles. The largest absolute Gasteiger partial charge is 0.503 e. The van der Waals surface area contributed by atoms with Gasteiger partial charge in [-0.1, -0.05) is 72.3 Å². The van der Waals surface area contributed by atoms with Crippen molar-refractivity contribution in [3.05, 3.63) is 117 Å². The van der Waals surface area contributed by atoms with Gasteiger partial charge in [0.25, 0.3) is 5.91 Å². The molecule has 5 rings (SSSR count). The van der Waals surface area contributed by atoms with Crippen LogP contribution in [0, 0.1) is 20.8 Å². The number of Topliss-reactive ketones (excluding diaryl/α,β-unsaturated/α-hetero) is 1. The van der Waals surface area contributed by atoms with E-state index in [0.717, 1.165) is 27.3 Å². The lowest BCUT2D eigenvalue weighted by Gasteiger charge is -2.28. The molecule has 1 aliphatic rings. The van der Waals surface area contributed by atoms with Crippen molar-refractivity contribution in [2.24, 2.45) is 0 Å². The first-order valence-corrected chi connectivity index (χ1v) is 12.1. The van der Waals surface area contributed by atoms with E-state index >= 15 is 0 Å². The maximum Gasteiger partial charge on any atom is 0.294 e. The van der Waals surface area contributed by atoms with Gasteiger partial charge in [0.05, 0.1) is 22.2 Å². The summed E-state index contributed by atoms with van der Waals surface area (Å²) in [6.45, 7) is 5.69. The molecule has 1 atom stereocenters. The van der Waals surface area contributed by atoms with Gasteiger partial charge in [0, 0.05) is 11.3 Å². The van der Waals surface area contributed by atoms with E-state index < -0.39 is 17.7 Å². The third kappa shape index (κ3) is 3.96. The smallest absolute Gasteiger partial charge is 0.294 e. The first-order valence-electron chi connectivity index (χ1n) is 11.3. The number of rotatable bonds is 5. The summed E-state index contributed by atoms with van der Waals surface area (Å²) < 4.78 is 0. The average molecular weight is 481 g/mol. The summed E-state index contributed by atoms with van der Waals surface area (Å²) in [6, 6.07) is 24.0. The number of aromatic nitrogens is 1. The van der Waals surface area contributed by atoms with Crippen molar-refractivity contribution in [2.45, 2.75) is 26.8 Å². The maximum atomic E-state index is 14.0. The van der Waals surface area contributed by atoms with Crippen LogP contribution in [-0.4, -0.2) is 21.8 Å². The second-order valence-corrected chi connectivity index (χ2v) is 9.66. The van der Waals surface area contributed by atoms with Crippen LogP contribution in [-0.2, 0) is 4.79 Å². The van der Waals surface area contributed by atoms with Gasteiger partial charge in [0.1, 0.15) is 5.01 Å². The van der Waals surface area contributed by atoms with Gasteiger partial charge < -0.3 is 5.11 Å². The normalized spacial score (nSPS) is 15.7.